The summed E-state index contributed by atoms with van der Waals surface area (Å²) in [7, 11) is 0. The lowest BCUT2D eigenvalue weighted by atomic mass is 10.1. The summed E-state index contributed by atoms with van der Waals surface area (Å²) in [5, 5.41) is 0. The molecule has 3 aromatic carbocycles. The van der Waals surface area contributed by atoms with Gasteiger partial charge in [-0.1, -0.05) is 50.2 Å². The van der Waals surface area contributed by atoms with Gasteiger partial charge in [0.1, 0.15) is 6.29 Å². The lowest BCUT2D eigenvalue weighted by molar-refractivity contribution is 0.112. The van der Waals surface area contributed by atoms with E-state index in [1.54, 1.807) is 0 Å². The molecule has 0 spiro atoms. The van der Waals surface area contributed by atoms with E-state index in [4.69, 9.17) is 0 Å². The van der Waals surface area contributed by atoms with Gasteiger partial charge in [0.05, 0.1) is 0 Å². The minimum atomic E-state index is 0.680. The van der Waals surface area contributed by atoms with Gasteiger partial charge in [0.2, 0.25) is 0 Å². The third-order valence-electron chi connectivity index (χ3n) is 3.32. The summed E-state index contributed by atoms with van der Waals surface area (Å²) < 4.78 is 0. The SMILES string of the molecule is CC.O=Cc1ccc(N(c2ccccc2)c2ccccc2)cc1. The summed E-state index contributed by atoms with van der Waals surface area (Å²) in [4.78, 5) is 13.0. The number of aldehydes is 1. The lowest BCUT2D eigenvalue weighted by Gasteiger charge is -2.25. The molecule has 0 heterocycles. The van der Waals surface area contributed by atoms with Crippen LogP contribution >= 0.6 is 0 Å². The average molecular weight is 303 g/mol. The topological polar surface area (TPSA) is 20.3 Å². The molecule has 0 aliphatic rings. The largest absolute Gasteiger partial charge is 0.311 e. The number of para-hydroxylation sites is 2. The predicted octanol–water partition coefficient (Wildman–Crippen LogP) is 6.00. The van der Waals surface area contributed by atoms with Gasteiger partial charge in [-0.15, -0.1) is 0 Å². The van der Waals surface area contributed by atoms with E-state index in [0.717, 1.165) is 23.3 Å². The summed E-state index contributed by atoms with van der Waals surface area (Å²) >= 11 is 0. The van der Waals surface area contributed by atoms with Crippen molar-refractivity contribution in [1.82, 2.24) is 0 Å². The van der Waals surface area contributed by atoms with Crippen LogP contribution in [0.1, 0.15) is 24.2 Å². The van der Waals surface area contributed by atoms with E-state index in [9.17, 15) is 4.79 Å². The lowest BCUT2D eigenvalue weighted by Crippen LogP contribution is -2.09. The summed E-state index contributed by atoms with van der Waals surface area (Å²) in [6.07, 6.45) is 0.860. The summed E-state index contributed by atoms with van der Waals surface area (Å²) in [6, 6.07) is 28.0. The molecule has 23 heavy (non-hydrogen) atoms. The standard InChI is InChI=1S/C19H15NO.C2H6/c21-15-16-11-13-19(14-12-16)20(17-7-3-1-4-8-17)18-9-5-2-6-10-18;1-2/h1-15H;1-2H3. The zero-order chi connectivity index (χ0) is 16.5. The molecule has 0 aliphatic heterocycles. The Labute approximate surface area is 138 Å². The summed E-state index contributed by atoms with van der Waals surface area (Å²) in [6.45, 7) is 4.00. The maximum atomic E-state index is 10.8. The molecule has 0 aliphatic carbocycles. The van der Waals surface area contributed by atoms with Crippen LogP contribution in [0.3, 0.4) is 0 Å². The van der Waals surface area contributed by atoms with E-state index < -0.39 is 0 Å². The molecular formula is C21H21NO. The van der Waals surface area contributed by atoms with E-state index >= 15 is 0 Å². The molecule has 2 nitrogen and oxygen atoms in total. The fourth-order valence-electron chi connectivity index (χ4n) is 2.30. The first-order chi connectivity index (χ1) is 11.4. The number of hydrogen-bond acceptors (Lipinski definition) is 2. The van der Waals surface area contributed by atoms with Crippen molar-refractivity contribution in [3.05, 3.63) is 90.5 Å². The van der Waals surface area contributed by atoms with Gasteiger partial charge in [-0.3, -0.25) is 4.79 Å². The Morgan fingerprint density at radius 1 is 0.609 bits per heavy atom. The second kappa shape index (κ2) is 8.54. The van der Waals surface area contributed by atoms with Crippen LogP contribution in [0.5, 0.6) is 0 Å². The Kier molecular flexibility index (Phi) is 6.13. The normalized spacial score (nSPS) is 9.48. The van der Waals surface area contributed by atoms with Crippen LogP contribution in [-0.4, -0.2) is 6.29 Å². The molecule has 116 valence electrons. The van der Waals surface area contributed by atoms with Gasteiger partial charge < -0.3 is 4.90 Å². The Balaban J connectivity index is 0.000000924. The van der Waals surface area contributed by atoms with Gasteiger partial charge in [0.15, 0.2) is 0 Å². The predicted molar refractivity (Wildman–Crippen MR) is 97.9 cm³/mol. The van der Waals surface area contributed by atoms with E-state index in [2.05, 4.69) is 29.2 Å². The highest BCUT2D eigenvalue weighted by Crippen LogP contribution is 2.33. The molecule has 0 saturated carbocycles. The van der Waals surface area contributed by atoms with Crippen LogP contribution in [0, 0.1) is 0 Å². The second-order valence-corrected chi connectivity index (χ2v) is 4.72. The molecule has 0 radical (unpaired) electrons. The van der Waals surface area contributed by atoms with Gasteiger partial charge in [0, 0.05) is 22.6 Å². The number of carbonyl (C=O) groups is 1. The fraction of sp³-hybridized carbons (Fsp3) is 0.0952. The first-order valence-electron chi connectivity index (χ1n) is 7.84. The Morgan fingerprint density at radius 2 is 1.00 bits per heavy atom. The highest BCUT2D eigenvalue weighted by Gasteiger charge is 2.11. The number of carbonyl (C=O) groups excluding carboxylic acids is 1. The quantitative estimate of drug-likeness (QED) is 0.551. The van der Waals surface area contributed by atoms with Gasteiger partial charge >= 0.3 is 0 Å². The number of anilines is 3. The molecule has 0 fully saturated rings. The highest BCUT2D eigenvalue weighted by molar-refractivity contribution is 5.80. The minimum absolute atomic E-state index is 0.680. The van der Waals surface area contributed by atoms with Crippen molar-refractivity contribution in [3.63, 3.8) is 0 Å². The maximum Gasteiger partial charge on any atom is 0.150 e. The first kappa shape index (κ1) is 16.5. The highest BCUT2D eigenvalue weighted by atomic mass is 16.1. The van der Waals surface area contributed by atoms with Crippen molar-refractivity contribution < 1.29 is 4.79 Å². The van der Waals surface area contributed by atoms with E-state index in [-0.39, 0.29) is 0 Å². The third kappa shape index (κ3) is 4.07. The molecule has 0 unspecified atom stereocenters. The number of nitrogens with zero attached hydrogens (tertiary/aromatic N) is 1. The van der Waals surface area contributed by atoms with E-state index in [1.165, 1.54) is 0 Å². The molecule has 0 aromatic heterocycles. The van der Waals surface area contributed by atoms with E-state index in [1.807, 2.05) is 74.5 Å². The monoisotopic (exact) mass is 303 g/mol. The molecule has 0 N–H and O–H groups in total. The van der Waals surface area contributed by atoms with Crippen LogP contribution in [0.15, 0.2) is 84.9 Å². The van der Waals surface area contributed by atoms with Gasteiger partial charge in [0.25, 0.3) is 0 Å². The summed E-state index contributed by atoms with van der Waals surface area (Å²) in [5.74, 6) is 0. The third-order valence-corrected chi connectivity index (χ3v) is 3.32. The maximum absolute atomic E-state index is 10.8. The van der Waals surface area contributed by atoms with Crippen molar-refractivity contribution in [1.29, 1.82) is 0 Å². The zero-order valence-corrected chi connectivity index (χ0v) is 13.5. The summed E-state index contributed by atoms with van der Waals surface area (Å²) in [5.41, 5.74) is 3.88. The average Bonchev–Trinajstić information content (AvgIpc) is 2.66. The first-order valence-corrected chi connectivity index (χ1v) is 7.84. The molecular weight excluding hydrogens is 282 g/mol. The number of benzene rings is 3. The van der Waals surface area contributed by atoms with Crippen molar-refractivity contribution in [3.8, 4) is 0 Å². The molecule has 0 bridgehead atoms. The Morgan fingerprint density at radius 3 is 1.39 bits per heavy atom. The van der Waals surface area contributed by atoms with Crippen LogP contribution in [0.4, 0.5) is 17.1 Å². The van der Waals surface area contributed by atoms with Gasteiger partial charge in [-0.2, -0.15) is 0 Å². The smallest absolute Gasteiger partial charge is 0.150 e. The number of hydrogen-bond donors (Lipinski definition) is 0. The Hall–Kier alpha value is -2.87. The van der Waals surface area contributed by atoms with Crippen molar-refractivity contribution in [2.24, 2.45) is 0 Å². The zero-order valence-electron chi connectivity index (χ0n) is 13.5. The molecule has 3 rings (SSSR count). The van der Waals surface area contributed by atoms with Crippen LogP contribution < -0.4 is 4.90 Å². The van der Waals surface area contributed by atoms with Crippen molar-refractivity contribution >= 4 is 23.3 Å². The van der Waals surface area contributed by atoms with Crippen LogP contribution in [0.25, 0.3) is 0 Å². The molecule has 2 heteroatoms. The molecule has 0 saturated heterocycles. The second-order valence-electron chi connectivity index (χ2n) is 4.72. The molecule has 3 aromatic rings. The molecule has 0 atom stereocenters. The van der Waals surface area contributed by atoms with Crippen LogP contribution in [-0.2, 0) is 0 Å². The minimum Gasteiger partial charge on any atom is -0.311 e. The fourth-order valence-corrected chi connectivity index (χ4v) is 2.30. The van der Waals surface area contributed by atoms with Gasteiger partial charge in [-0.25, -0.2) is 0 Å². The Bertz CT molecular complexity index is 666. The van der Waals surface area contributed by atoms with E-state index in [0.29, 0.717) is 5.56 Å². The van der Waals surface area contributed by atoms with Gasteiger partial charge in [-0.05, 0) is 48.5 Å². The van der Waals surface area contributed by atoms with Crippen LogP contribution in [0.2, 0.25) is 0 Å². The number of rotatable bonds is 4. The van der Waals surface area contributed by atoms with Crippen molar-refractivity contribution in [2.45, 2.75) is 13.8 Å². The molecule has 0 amide bonds. The van der Waals surface area contributed by atoms with Crippen molar-refractivity contribution in [2.75, 3.05) is 4.90 Å².